The molecule has 2 aromatic rings. The molecule has 0 bridgehead atoms. The molecular weight excluding hydrogens is 290 g/mol. The van der Waals surface area contributed by atoms with E-state index < -0.39 is 0 Å². The zero-order chi connectivity index (χ0) is 16.7. The van der Waals surface area contributed by atoms with Gasteiger partial charge in [0.1, 0.15) is 0 Å². The van der Waals surface area contributed by atoms with E-state index in [0.717, 1.165) is 17.8 Å². The van der Waals surface area contributed by atoms with Gasteiger partial charge in [-0.2, -0.15) is 0 Å². The Morgan fingerprint density at radius 3 is 2.52 bits per heavy atom. The molecule has 0 saturated carbocycles. The van der Waals surface area contributed by atoms with Crippen molar-refractivity contribution in [2.45, 2.75) is 13.5 Å². The van der Waals surface area contributed by atoms with Gasteiger partial charge in [-0.3, -0.25) is 9.78 Å². The minimum atomic E-state index is -0.0893. The molecule has 23 heavy (non-hydrogen) atoms. The Kier molecular flexibility index (Phi) is 6.11. The van der Waals surface area contributed by atoms with Crippen LogP contribution in [0.4, 0.5) is 5.69 Å². The first-order valence-electron chi connectivity index (χ1n) is 7.76. The summed E-state index contributed by atoms with van der Waals surface area (Å²) in [5.74, 6) is -0.0893. The highest BCUT2D eigenvalue weighted by atomic mass is 16.3. The lowest BCUT2D eigenvalue weighted by atomic mass is 10.1. The van der Waals surface area contributed by atoms with Crippen molar-refractivity contribution in [1.82, 2.24) is 9.88 Å². The van der Waals surface area contributed by atoms with Crippen LogP contribution in [-0.4, -0.2) is 47.6 Å². The summed E-state index contributed by atoms with van der Waals surface area (Å²) in [6.07, 6.45) is 3.43. The molecule has 2 rings (SSSR count). The monoisotopic (exact) mass is 313 g/mol. The summed E-state index contributed by atoms with van der Waals surface area (Å²) >= 11 is 0. The van der Waals surface area contributed by atoms with Crippen LogP contribution in [0.25, 0.3) is 0 Å². The van der Waals surface area contributed by atoms with Crippen LogP contribution in [0, 0.1) is 0 Å². The number of benzene rings is 1. The van der Waals surface area contributed by atoms with E-state index in [1.165, 1.54) is 0 Å². The number of carbonyl (C=O) groups excluding carboxylic acids is 1. The predicted octanol–water partition coefficient (Wildman–Crippen LogP) is 2.17. The molecule has 0 aliphatic carbocycles. The first-order chi connectivity index (χ1) is 11.2. The van der Waals surface area contributed by atoms with E-state index >= 15 is 0 Å². The van der Waals surface area contributed by atoms with Gasteiger partial charge in [0.2, 0.25) is 0 Å². The van der Waals surface area contributed by atoms with E-state index in [1.807, 2.05) is 43.4 Å². The lowest BCUT2D eigenvalue weighted by molar-refractivity contribution is 0.0707. The van der Waals surface area contributed by atoms with Gasteiger partial charge in [-0.1, -0.05) is 6.07 Å². The average Bonchev–Trinajstić information content (AvgIpc) is 2.61. The van der Waals surface area contributed by atoms with Crippen molar-refractivity contribution in [1.29, 1.82) is 0 Å². The number of hydrogen-bond donors (Lipinski definition) is 1. The zero-order valence-electron chi connectivity index (χ0n) is 13.6. The molecule has 0 aliphatic rings. The number of anilines is 1. The van der Waals surface area contributed by atoms with Crippen LogP contribution >= 0.6 is 0 Å². The van der Waals surface area contributed by atoms with Crippen molar-refractivity contribution >= 4 is 11.6 Å². The Morgan fingerprint density at radius 2 is 1.96 bits per heavy atom. The fraction of sp³-hybridized carbons (Fsp3) is 0.333. The van der Waals surface area contributed by atoms with Gasteiger partial charge in [-0.05, 0) is 42.8 Å². The summed E-state index contributed by atoms with van der Waals surface area (Å²) in [4.78, 5) is 20.5. The molecule has 0 fully saturated rings. The molecule has 0 unspecified atom stereocenters. The Hall–Kier alpha value is -2.40. The minimum Gasteiger partial charge on any atom is -0.395 e. The van der Waals surface area contributed by atoms with Crippen LogP contribution < -0.4 is 4.90 Å². The molecule has 0 saturated heterocycles. The number of rotatable bonds is 7. The lowest BCUT2D eigenvalue weighted by Gasteiger charge is -2.22. The predicted molar refractivity (Wildman–Crippen MR) is 91.4 cm³/mol. The second kappa shape index (κ2) is 8.29. The van der Waals surface area contributed by atoms with Gasteiger partial charge < -0.3 is 14.9 Å². The summed E-state index contributed by atoms with van der Waals surface area (Å²) in [7, 11) is 2.01. The normalized spacial score (nSPS) is 10.4. The topological polar surface area (TPSA) is 56.7 Å². The van der Waals surface area contributed by atoms with E-state index in [0.29, 0.717) is 18.7 Å². The molecule has 0 aliphatic heterocycles. The third-order valence-electron chi connectivity index (χ3n) is 3.78. The minimum absolute atomic E-state index is 0.0668. The van der Waals surface area contributed by atoms with Gasteiger partial charge in [0.25, 0.3) is 5.91 Å². The molecule has 0 radical (unpaired) electrons. The van der Waals surface area contributed by atoms with E-state index in [-0.39, 0.29) is 12.5 Å². The van der Waals surface area contributed by atoms with Gasteiger partial charge in [0.15, 0.2) is 0 Å². The first kappa shape index (κ1) is 17.0. The molecule has 5 nitrogen and oxygen atoms in total. The van der Waals surface area contributed by atoms with Crippen LogP contribution in [0.3, 0.4) is 0 Å². The molecule has 1 heterocycles. The van der Waals surface area contributed by atoms with Crippen molar-refractivity contribution in [3.63, 3.8) is 0 Å². The van der Waals surface area contributed by atoms with Crippen LogP contribution in [-0.2, 0) is 6.54 Å². The number of aliphatic hydroxyl groups excluding tert-OH is 1. The standard InChI is InChI=1S/C18H23N3O2/c1-3-20(2)17-8-6-16(7-9-17)18(23)21(11-12-22)14-15-5-4-10-19-13-15/h4-10,13,22H,3,11-12,14H2,1-2H3. The van der Waals surface area contributed by atoms with Crippen LogP contribution in [0.2, 0.25) is 0 Å². The van der Waals surface area contributed by atoms with Gasteiger partial charge in [-0.15, -0.1) is 0 Å². The summed E-state index contributed by atoms with van der Waals surface area (Å²) in [6, 6.07) is 11.3. The number of carbonyl (C=O) groups is 1. The lowest BCUT2D eigenvalue weighted by Crippen LogP contribution is -2.33. The summed E-state index contributed by atoms with van der Waals surface area (Å²) in [5, 5.41) is 9.24. The van der Waals surface area contributed by atoms with E-state index in [4.69, 9.17) is 0 Å². The maximum atomic E-state index is 12.7. The van der Waals surface area contributed by atoms with E-state index in [1.54, 1.807) is 17.3 Å². The van der Waals surface area contributed by atoms with Crippen LogP contribution in [0.5, 0.6) is 0 Å². The quantitative estimate of drug-likeness (QED) is 0.851. The van der Waals surface area contributed by atoms with Crippen molar-refractivity contribution in [2.24, 2.45) is 0 Å². The summed E-state index contributed by atoms with van der Waals surface area (Å²) in [6.45, 7) is 3.65. The van der Waals surface area contributed by atoms with Crippen molar-refractivity contribution < 1.29 is 9.90 Å². The second-order valence-corrected chi connectivity index (χ2v) is 5.37. The Labute approximate surface area is 137 Å². The van der Waals surface area contributed by atoms with Gasteiger partial charge >= 0.3 is 0 Å². The van der Waals surface area contributed by atoms with Crippen molar-refractivity contribution in [3.05, 3.63) is 59.9 Å². The maximum Gasteiger partial charge on any atom is 0.254 e. The summed E-state index contributed by atoms with van der Waals surface area (Å²) < 4.78 is 0. The number of pyridine rings is 1. The zero-order valence-corrected chi connectivity index (χ0v) is 13.6. The molecule has 1 aromatic heterocycles. The van der Waals surface area contributed by atoms with Gasteiger partial charge in [0.05, 0.1) is 6.61 Å². The highest BCUT2D eigenvalue weighted by Gasteiger charge is 2.16. The van der Waals surface area contributed by atoms with E-state index in [9.17, 15) is 9.90 Å². The number of hydrogen-bond acceptors (Lipinski definition) is 4. The molecule has 1 amide bonds. The molecule has 1 N–H and O–H groups in total. The Balaban J connectivity index is 2.14. The largest absolute Gasteiger partial charge is 0.395 e. The fourth-order valence-corrected chi connectivity index (χ4v) is 2.31. The number of amides is 1. The molecular formula is C18H23N3O2. The van der Waals surface area contributed by atoms with Gasteiger partial charge in [-0.25, -0.2) is 0 Å². The van der Waals surface area contributed by atoms with Crippen LogP contribution in [0.1, 0.15) is 22.8 Å². The highest BCUT2D eigenvalue weighted by molar-refractivity contribution is 5.94. The number of aliphatic hydroxyl groups is 1. The molecule has 1 aromatic carbocycles. The smallest absolute Gasteiger partial charge is 0.254 e. The molecule has 122 valence electrons. The SMILES string of the molecule is CCN(C)c1ccc(C(=O)N(CCO)Cc2cccnc2)cc1. The average molecular weight is 313 g/mol. The highest BCUT2D eigenvalue weighted by Crippen LogP contribution is 2.16. The Morgan fingerprint density at radius 1 is 1.22 bits per heavy atom. The maximum absolute atomic E-state index is 12.7. The molecule has 0 atom stereocenters. The summed E-state index contributed by atoms with van der Waals surface area (Å²) in [5.41, 5.74) is 2.64. The number of nitrogens with zero attached hydrogens (tertiary/aromatic N) is 3. The first-order valence-corrected chi connectivity index (χ1v) is 7.76. The third kappa shape index (κ3) is 4.53. The van der Waals surface area contributed by atoms with Gasteiger partial charge in [0, 0.05) is 50.3 Å². The van der Waals surface area contributed by atoms with Crippen molar-refractivity contribution in [3.8, 4) is 0 Å². The Bertz CT molecular complexity index is 614. The van der Waals surface area contributed by atoms with Crippen LogP contribution in [0.15, 0.2) is 48.8 Å². The van der Waals surface area contributed by atoms with E-state index in [2.05, 4.69) is 16.8 Å². The third-order valence-corrected chi connectivity index (χ3v) is 3.78. The molecule has 5 heteroatoms. The van der Waals surface area contributed by atoms with Crippen molar-refractivity contribution in [2.75, 3.05) is 31.6 Å². The number of aromatic nitrogens is 1. The fourth-order valence-electron chi connectivity index (χ4n) is 2.31. The molecule has 0 spiro atoms. The second-order valence-electron chi connectivity index (χ2n) is 5.37.